The summed E-state index contributed by atoms with van der Waals surface area (Å²) in [4.78, 5) is 9.02. The summed E-state index contributed by atoms with van der Waals surface area (Å²) in [5.41, 5.74) is 5.47. The molecule has 3 aromatic carbocycles. The molecular weight excluding hydrogens is 737 g/mol. The summed E-state index contributed by atoms with van der Waals surface area (Å²) in [5, 5.41) is 4.29. The number of hydrogen-bond donors (Lipinski definition) is 0. The van der Waals surface area contributed by atoms with Gasteiger partial charge in [-0.15, -0.1) is 59.7 Å². The van der Waals surface area contributed by atoms with Gasteiger partial charge in [0.25, 0.3) is 0 Å². The van der Waals surface area contributed by atoms with Crippen LogP contribution in [0.1, 0.15) is 53.3 Å². The maximum absolute atomic E-state index is 7.23. The van der Waals surface area contributed by atoms with Gasteiger partial charge in [-0.05, 0) is 63.4 Å². The number of pyridine rings is 2. The molecule has 6 aromatic rings. The third-order valence-corrected chi connectivity index (χ3v) is 11.6. The molecule has 1 fully saturated rings. The maximum Gasteiger partial charge on any atom is 0.0794 e. The minimum Gasteiger partial charge on any atom is -0.304 e. The number of fused-ring (bicyclic) bond motifs is 3. The van der Waals surface area contributed by atoms with Crippen molar-refractivity contribution in [1.82, 2.24) is 9.97 Å². The quantitative estimate of drug-likeness (QED) is 0.132. The molecule has 0 atom stereocenters. The summed E-state index contributed by atoms with van der Waals surface area (Å²) in [6.07, 6.45) is 10.3. The Morgan fingerprint density at radius 2 is 1.56 bits per heavy atom. The molecule has 1 saturated carbocycles. The zero-order valence-electron chi connectivity index (χ0n) is 27.9. The van der Waals surface area contributed by atoms with E-state index in [-0.39, 0.29) is 25.7 Å². The van der Waals surface area contributed by atoms with E-state index in [0.29, 0.717) is 5.92 Å². The van der Waals surface area contributed by atoms with Crippen LogP contribution in [0.25, 0.3) is 42.7 Å². The normalized spacial score (nSPS) is 15.1. The summed E-state index contributed by atoms with van der Waals surface area (Å²) in [7, 11) is -1.40. The van der Waals surface area contributed by atoms with E-state index in [4.69, 9.17) is 9.10 Å². The summed E-state index contributed by atoms with van der Waals surface area (Å²) in [6, 6.07) is 33.0. The molecule has 43 heavy (non-hydrogen) atoms. The van der Waals surface area contributed by atoms with Crippen LogP contribution in [0, 0.1) is 19.0 Å². The summed E-state index contributed by atoms with van der Waals surface area (Å²) >= 11 is 1.93. The fourth-order valence-electron chi connectivity index (χ4n) is 5.88. The Bertz CT molecular complexity index is 1890. The molecule has 3 aromatic heterocycles. The number of benzene rings is 3. The predicted molar refractivity (Wildman–Crippen MR) is 183 cm³/mol. The van der Waals surface area contributed by atoms with Crippen LogP contribution in [0.15, 0.2) is 91.3 Å². The molecule has 0 spiro atoms. The minimum atomic E-state index is -2.09. The number of nitrogens with zero attached hydrogens (tertiary/aromatic N) is 2. The van der Waals surface area contributed by atoms with Gasteiger partial charge in [-0.3, -0.25) is 0 Å². The standard InChI is InChI=1S/C26H28NSSi.C12H10N.Ir/c1-29(2,3)24-14-8-12-21-20-11-7-13-22(25(20)28-26(21)24)23-16-15-19(17-27-23)18-9-5-4-6-10-18;1-10-7-8-12(13-9-10)11-5-3-2-4-6-11;/h7-8,11-12,14-18H,4-6,9-10H2,1-3H3;2-5,7-9H,1H3;/q2*-1;/i;1D3;. The van der Waals surface area contributed by atoms with Gasteiger partial charge in [0.2, 0.25) is 0 Å². The smallest absolute Gasteiger partial charge is 0.0794 e. The minimum absolute atomic E-state index is 0. The molecule has 2 nitrogen and oxygen atoms in total. The molecule has 1 aliphatic carbocycles. The largest absolute Gasteiger partial charge is 0.304 e. The van der Waals surface area contributed by atoms with Gasteiger partial charge in [-0.25, -0.2) is 0 Å². The van der Waals surface area contributed by atoms with Crippen molar-refractivity contribution in [2.24, 2.45) is 0 Å². The van der Waals surface area contributed by atoms with E-state index < -0.39 is 14.9 Å². The molecule has 0 saturated heterocycles. The van der Waals surface area contributed by atoms with E-state index in [1.807, 2.05) is 29.5 Å². The van der Waals surface area contributed by atoms with Crippen LogP contribution in [0.5, 0.6) is 0 Å². The van der Waals surface area contributed by atoms with Crippen molar-refractivity contribution in [2.75, 3.05) is 0 Å². The number of aryl methyl sites for hydroxylation is 1. The summed E-state index contributed by atoms with van der Waals surface area (Å²) in [5.74, 6) is 0.703. The average Bonchev–Trinajstić information content (AvgIpc) is 3.44. The van der Waals surface area contributed by atoms with E-state index >= 15 is 0 Å². The van der Waals surface area contributed by atoms with Crippen LogP contribution in [0.3, 0.4) is 0 Å². The first-order chi connectivity index (χ1) is 21.6. The van der Waals surface area contributed by atoms with Gasteiger partial charge in [-0.1, -0.05) is 86.8 Å². The maximum atomic E-state index is 7.23. The molecule has 3 heterocycles. The molecule has 0 aliphatic heterocycles. The van der Waals surface area contributed by atoms with Gasteiger partial charge >= 0.3 is 0 Å². The average molecular weight is 778 g/mol. The Morgan fingerprint density at radius 3 is 2.23 bits per heavy atom. The van der Waals surface area contributed by atoms with E-state index in [1.165, 1.54) is 64.0 Å². The molecule has 0 N–H and O–H groups in total. The SMILES string of the molecule is C[Si](C)(C)c1cccc2c1sc1c(-c3ccc(C4CCCCC4)cn3)[c-]ccc12.[2H]C([2H])([2H])c1ccc(-c2[c-]cccc2)nc1.[Ir]. The second-order valence-electron chi connectivity index (χ2n) is 12.1. The molecule has 0 unspecified atom stereocenters. The van der Waals surface area contributed by atoms with Gasteiger partial charge < -0.3 is 9.97 Å². The van der Waals surface area contributed by atoms with Gasteiger partial charge in [0.1, 0.15) is 0 Å². The van der Waals surface area contributed by atoms with Gasteiger partial charge in [0, 0.05) is 41.3 Å². The van der Waals surface area contributed by atoms with Gasteiger partial charge in [-0.2, -0.15) is 11.3 Å². The van der Waals surface area contributed by atoms with Crippen molar-refractivity contribution in [3.05, 3.63) is 115 Å². The molecule has 7 rings (SSSR count). The third kappa shape index (κ3) is 7.07. The molecule has 0 bridgehead atoms. The zero-order chi connectivity index (χ0) is 31.6. The van der Waals surface area contributed by atoms with Crippen LogP contribution in [-0.4, -0.2) is 18.0 Å². The molecule has 1 radical (unpaired) electrons. The fraction of sp³-hybridized carbons (Fsp3) is 0.263. The van der Waals surface area contributed by atoms with Crippen molar-refractivity contribution in [3.8, 4) is 22.5 Å². The van der Waals surface area contributed by atoms with Crippen LogP contribution < -0.4 is 5.19 Å². The molecular formula is C38H38IrN2SSi-2. The van der Waals surface area contributed by atoms with Crippen LogP contribution in [0.2, 0.25) is 19.6 Å². The molecule has 1 aliphatic rings. The first-order valence-corrected chi connectivity index (χ1v) is 19.2. The summed E-state index contributed by atoms with van der Waals surface area (Å²) in [6.45, 7) is 5.21. The number of aromatic nitrogens is 2. The Balaban J connectivity index is 0.000000209. The van der Waals surface area contributed by atoms with Crippen molar-refractivity contribution < 1.29 is 24.2 Å². The molecule has 0 amide bonds. The second-order valence-corrected chi connectivity index (χ2v) is 18.2. The Kier molecular flexibility index (Phi) is 8.84. The first kappa shape index (κ1) is 27.6. The first-order valence-electron chi connectivity index (χ1n) is 16.4. The molecule has 5 heteroatoms. The monoisotopic (exact) mass is 778 g/mol. The van der Waals surface area contributed by atoms with Crippen LogP contribution in [-0.2, 0) is 20.1 Å². The second kappa shape index (κ2) is 13.8. The predicted octanol–water partition coefficient (Wildman–Crippen LogP) is 10.4. The van der Waals surface area contributed by atoms with Gasteiger partial charge in [0.05, 0.1) is 8.07 Å². The topological polar surface area (TPSA) is 25.8 Å². The third-order valence-electron chi connectivity index (χ3n) is 8.13. The van der Waals surface area contributed by atoms with Crippen LogP contribution in [0.4, 0.5) is 0 Å². The van der Waals surface area contributed by atoms with E-state index in [2.05, 4.69) is 85.4 Å². The number of thiophene rings is 1. The van der Waals surface area contributed by atoms with E-state index in [9.17, 15) is 0 Å². The van der Waals surface area contributed by atoms with Crippen molar-refractivity contribution >= 4 is 44.8 Å². The van der Waals surface area contributed by atoms with Crippen molar-refractivity contribution in [3.63, 3.8) is 0 Å². The fourth-order valence-corrected chi connectivity index (χ4v) is 9.59. The molecule has 221 valence electrons. The zero-order valence-corrected chi connectivity index (χ0v) is 29.1. The van der Waals surface area contributed by atoms with E-state index in [0.717, 1.165) is 22.5 Å². The Morgan fingerprint density at radius 1 is 0.767 bits per heavy atom. The Hall–Kier alpha value is -2.95. The van der Waals surface area contributed by atoms with Crippen molar-refractivity contribution in [2.45, 2.75) is 64.5 Å². The number of hydrogen-bond acceptors (Lipinski definition) is 3. The van der Waals surface area contributed by atoms with Crippen LogP contribution >= 0.6 is 11.3 Å². The van der Waals surface area contributed by atoms with Gasteiger partial charge in [0.15, 0.2) is 0 Å². The Labute approximate surface area is 279 Å². The number of rotatable bonds is 4. The summed E-state index contributed by atoms with van der Waals surface area (Å²) < 4.78 is 24.5. The van der Waals surface area contributed by atoms with E-state index in [1.54, 1.807) is 23.4 Å². The van der Waals surface area contributed by atoms with Crippen molar-refractivity contribution in [1.29, 1.82) is 0 Å².